The number of nitrogens with zero attached hydrogens (tertiary/aromatic N) is 1. The van der Waals surface area contributed by atoms with Gasteiger partial charge >= 0.3 is 0 Å². The second-order valence-electron chi connectivity index (χ2n) is 7.06. The lowest BCUT2D eigenvalue weighted by Gasteiger charge is -2.33. The van der Waals surface area contributed by atoms with Crippen LogP contribution in [0.4, 0.5) is 0 Å². The van der Waals surface area contributed by atoms with Gasteiger partial charge in [-0.05, 0) is 52.1 Å². The lowest BCUT2D eigenvalue weighted by atomic mass is 9.85. The van der Waals surface area contributed by atoms with E-state index in [0.717, 1.165) is 13.1 Å². The first-order valence-corrected chi connectivity index (χ1v) is 6.74. The molecule has 1 rings (SSSR count). The first-order valence-electron chi connectivity index (χ1n) is 6.74. The van der Waals surface area contributed by atoms with Gasteiger partial charge in [-0.2, -0.15) is 0 Å². The third-order valence-electron chi connectivity index (χ3n) is 3.99. The SMILES string of the molecule is CNC1C(CN(C)CC(C)(C)O)CCC1(C)C. The van der Waals surface area contributed by atoms with Gasteiger partial charge in [0.2, 0.25) is 0 Å². The van der Waals surface area contributed by atoms with Crippen LogP contribution in [0.25, 0.3) is 0 Å². The molecule has 0 heterocycles. The maximum atomic E-state index is 9.83. The van der Waals surface area contributed by atoms with Crippen molar-refractivity contribution in [3.05, 3.63) is 0 Å². The molecule has 0 aliphatic heterocycles. The molecule has 1 aliphatic rings. The van der Waals surface area contributed by atoms with Crippen molar-refractivity contribution in [2.75, 3.05) is 27.2 Å². The van der Waals surface area contributed by atoms with Crippen molar-refractivity contribution in [1.29, 1.82) is 0 Å². The summed E-state index contributed by atoms with van der Waals surface area (Å²) in [4.78, 5) is 2.26. The lowest BCUT2D eigenvalue weighted by molar-refractivity contribution is 0.0383. The molecule has 0 spiro atoms. The van der Waals surface area contributed by atoms with Crippen LogP contribution in [0.15, 0.2) is 0 Å². The van der Waals surface area contributed by atoms with Crippen molar-refractivity contribution in [3.8, 4) is 0 Å². The van der Waals surface area contributed by atoms with E-state index in [1.54, 1.807) is 0 Å². The van der Waals surface area contributed by atoms with Gasteiger partial charge < -0.3 is 15.3 Å². The molecule has 102 valence electrons. The number of hydrogen-bond acceptors (Lipinski definition) is 3. The fourth-order valence-electron chi connectivity index (χ4n) is 3.47. The fourth-order valence-corrected chi connectivity index (χ4v) is 3.47. The van der Waals surface area contributed by atoms with E-state index in [0.29, 0.717) is 17.4 Å². The minimum absolute atomic E-state index is 0.398. The molecule has 1 aliphatic carbocycles. The molecule has 0 aromatic carbocycles. The minimum atomic E-state index is -0.599. The van der Waals surface area contributed by atoms with Gasteiger partial charge in [0, 0.05) is 19.1 Å². The Morgan fingerprint density at radius 1 is 1.41 bits per heavy atom. The number of nitrogens with one attached hydrogen (secondary N) is 1. The van der Waals surface area contributed by atoms with Crippen LogP contribution in [0.3, 0.4) is 0 Å². The molecule has 1 saturated carbocycles. The molecule has 0 aromatic heterocycles. The summed E-state index contributed by atoms with van der Waals surface area (Å²) in [6.45, 7) is 10.3. The zero-order valence-electron chi connectivity index (χ0n) is 12.4. The van der Waals surface area contributed by atoms with Crippen LogP contribution in [-0.4, -0.2) is 48.8 Å². The number of rotatable bonds is 5. The van der Waals surface area contributed by atoms with E-state index in [-0.39, 0.29) is 0 Å². The highest BCUT2D eigenvalue weighted by atomic mass is 16.3. The van der Waals surface area contributed by atoms with Gasteiger partial charge in [0.15, 0.2) is 0 Å². The maximum absolute atomic E-state index is 9.83. The fraction of sp³-hybridized carbons (Fsp3) is 1.00. The summed E-state index contributed by atoms with van der Waals surface area (Å²) >= 11 is 0. The summed E-state index contributed by atoms with van der Waals surface area (Å²) < 4.78 is 0. The molecular weight excluding hydrogens is 212 g/mol. The standard InChI is InChI=1S/C14H30N2O/c1-13(2)8-7-11(12(13)15-5)9-16(6)10-14(3,4)17/h11-12,15,17H,7-10H2,1-6H3. The Morgan fingerprint density at radius 3 is 2.47 bits per heavy atom. The zero-order chi connectivity index (χ0) is 13.3. The molecule has 3 nitrogen and oxygen atoms in total. The van der Waals surface area contributed by atoms with E-state index < -0.39 is 5.60 Å². The van der Waals surface area contributed by atoms with Crippen LogP contribution in [0.5, 0.6) is 0 Å². The van der Waals surface area contributed by atoms with E-state index in [2.05, 4.69) is 38.2 Å². The van der Waals surface area contributed by atoms with Gasteiger partial charge in [-0.3, -0.25) is 0 Å². The summed E-state index contributed by atoms with van der Waals surface area (Å²) in [5, 5.41) is 13.3. The molecule has 1 fully saturated rings. The van der Waals surface area contributed by atoms with Gasteiger partial charge in [0.25, 0.3) is 0 Å². The van der Waals surface area contributed by atoms with Crippen molar-refractivity contribution in [3.63, 3.8) is 0 Å². The molecule has 3 heteroatoms. The first-order chi connectivity index (χ1) is 7.65. The Bertz CT molecular complexity index is 245. The summed E-state index contributed by atoms with van der Waals surface area (Å²) in [6, 6.07) is 0.590. The van der Waals surface area contributed by atoms with E-state index >= 15 is 0 Å². The summed E-state index contributed by atoms with van der Waals surface area (Å²) in [6.07, 6.45) is 2.58. The van der Waals surface area contributed by atoms with Crippen LogP contribution >= 0.6 is 0 Å². The molecule has 2 unspecified atom stereocenters. The Balaban J connectivity index is 2.52. The largest absolute Gasteiger partial charge is 0.389 e. The molecule has 17 heavy (non-hydrogen) atoms. The van der Waals surface area contributed by atoms with Gasteiger partial charge in [0.1, 0.15) is 0 Å². The van der Waals surface area contributed by atoms with Crippen LogP contribution in [0.1, 0.15) is 40.5 Å². The van der Waals surface area contributed by atoms with E-state index in [1.807, 2.05) is 13.8 Å². The summed E-state index contributed by atoms with van der Waals surface area (Å²) in [5.41, 5.74) is -0.201. The lowest BCUT2D eigenvalue weighted by Crippen LogP contribution is -2.45. The van der Waals surface area contributed by atoms with E-state index in [4.69, 9.17) is 0 Å². The molecular formula is C14H30N2O. The van der Waals surface area contributed by atoms with Gasteiger partial charge in [-0.1, -0.05) is 13.8 Å². The molecule has 0 saturated heterocycles. The summed E-state index contributed by atoms with van der Waals surface area (Å²) in [7, 11) is 4.18. The normalized spacial score (nSPS) is 28.9. The number of likely N-dealkylation sites (N-methyl/N-ethyl adjacent to an activating group) is 1. The molecule has 2 atom stereocenters. The molecule has 0 bridgehead atoms. The third-order valence-corrected chi connectivity index (χ3v) is 3.99. The van der Waals surface area contributed by atoms with Crippen molar-refractivity contribution in [2.45, 2.75) is 52.2 Å². The Hall–Kier alpha value is -0.120. The second kappa shape index (κ2) is 5.25. The molecule has 2 N–H and O–H groups in total. The summed E-state index contributed by atoms with van der Waals surface area (Å²) in [5.74, 6) is 0.697. The molecule has 0 amide bonds. The Morgan fingerprint density at radius 2 is 2.00 bits per heavy atom. The van der Waals surface area contributed by atoms with Crippen LogP contribution in [0, 0.1) is 11.3 Å². The number of hydrogen-bond donors (Lipinski definition) is 2. The predicted molar refractivity (Wildman–Crippen MR) is 73.1 cm³/mol. The van der Waals surface area contributed by atoms with E-state index in [1.165, 1.54) is 12.8 Å². The Labute approximate surface area is 107 Å². The highest BCUT2D eigenvalue weighted by Gasteiger charge is 2.41. The average molecular weight is 242 g/mol. The third kappa shape index (κ3) is 4.23. The van der Waals surface area contributed by atoms with Gasteiger partial charge in [0.05, 0.1) is 5.60 Å². The van der Waals surface area contributed by atoms with Crippen molar-refractivity contribution in [2.24, 2.45) is 11.3 Å². The van der Waals surface area contributed by atoms with E-state index in [9.17, 15) is 5.11 Å². The first kappa shape index (κ1) is 14.9. The topological polar surface area (TPSA) is 35.5 Å². The zero-order valence-corrected chi connectivity index (χ0v) is 12.4. The minimum Gasteiger partial charge on any atom is -0.389 e. The van der Waals surface area contributed by atoms with Crippen LogP contribution in [0.2, 0.25) is 0 Å². The van der Waals surface area contributed by atoms with Gasteiger partial charge in [-0.15, -0.1) is 0 Å². The highest BCUT2D eigenvalue weighted by molar-refractivity contribution is 4.96. The quantitative estimate of drug-likeness (QED) is 0.770. The smallest absolute Gasteiger partial charge is 0.0718 e. The van der Waals surface area contributed by atoms with Crippen molar-refractivity contribution in [1.82, 2.24) is 10.2 Å². The highest BCUT2D eigenvalue weighted by Crippen LogP contribution is 2.41. The maximum Gasteiger partial charge on any atom is 0.0718 e. The predicted octanol–water partition coefficient (Wildman–Crippen LogP) is 1.71. The Kier molecular flexibility index (Phi) is 4.61. The molecule has 0 radical (unpaired) electrons. The average Bonchev–Trinajstić information content (AvgIpc) is 2.37. The second-order valence-corrected chi connectivity index (χ2v) is 7.06. The number of aliphatic hydroxyl groups is 1. The van der Waals surface area contributed by atoms with Gasteiger partial charge in [-0.25, -0.2) is 0 Å². The van der Waals surface area contributed by atoms with Crippen LogP contribution < -0.4 is 5.32 Å². The monoisotopic (exact) mass is 242 g/mol. The van der Waals surface area contributed by atoms with Crippen LogP contribution in [-0.2, 0) is 0 Å². The molecule has 0 aromatic rings. The van der Waals surface area contributed by atoms with Crippen molar-refractivity contribution < 1.29 is 5.11 Å². The van der Waals surface area contributed by atoms with Crippen molar-refractivity contribution >= 4 is 0 Å².